The van der Waals surface area contributed by atoms with Crippen molar-refractivity contribution in [3.63, 3.8) is 0 Å². The Balaban J connectivity index is 2.08. The number of benzene rings is 2. The van der Waals surface area contributed by atoms with E-state index in [0.29, 0.717) is 28.0 Å². The minimum absolute atomic E-state index is 0.0635. The maximum Gasteiger partial charge on any atom is 0.124 e. The van der Waals surface area contributed by atoms with Gasteiger partial charge in [-0.2, -0.15) is 0 Å². The lowest BCUT2D eigenvalue weighted by atomic mass is 10.2. The number of nitrogen functional groups attached to an aromatic ring is 1. The van der Waals surface area contributed by atoms with Gasteiger partial charge in [0.15, 0.2) is 0 Å². The van der Waals surface area contributed by atoms with Crippen LogP contribution < -0.4 is 10.5 Å². The third-order valence-corrected chi connectivity index (χ3v) is 3.07. The minimum atomic E-state index is -0.0635. The lowest BCUT2D eigenvalue weighted by Crippen LogP contribution is -2.11. The van der Waals surface area contributed by atoms with Crippen molar-refractivity contribution < 1.29 is 4.74 Å². The first-order chi connectivity index (χ1) is 9.06. The van der Waals surface area contributed by atoms with E-state index >= 15 is 0 Å². The largest absolute Gasteiger partial charge is 0.489 e. The Bertz CT molecular complexity index is 614. The second-order valence-corrected chi connectivity index (χ2v) is 4.82. The van der Waals surface area contributed by atoms with Crippen LogP contribution >= 0.6 is 23.2 Å². The van der Waals surface area contributed by atoms with Gasteiger partial charge in [-0.05, 0) is 35.9 Å². The van der Waals surface area contributed by atoms with Crippen molar-refractivity contribution in [1.29, 1.82) is 5.41 Å². The van der Waals surface area contributed by atoms with E-state index in [1.165, 1.54) is 0 Å². The SMILES string of the molecule is N=C(N)c1ccc(OCc2cccc(Cl)c2)cc1Cl. The summed E-state index contributed by atoms with van der Waals surface area (Å²) in [7, 11) is 0. The van der Waals surface area contributed by atoms with Crippen LogP contribution in [0.4, 0.5) is 0 Å². The molecule has 0 atom stereocenters. The van der Waals surface area contributed by atoms with Crippen LogP contribution in [-0.2, 0) is 6.61 Å². The van der Waals surface area contributed by atoms with Gasteiger partial charge in [0, 0.05) is 10.6 Å². The van der Waals surface area contributed by atoms with E-state index in [0.717, 1.165) is 5.56 Å². The number of nitrogens with one attached hydrogen (secondary N) is 1. The van der Waals surface area contributed by atoms with E-state index in [2.05, 4.69) is 0 Å². The van der Waals surface area contributed by atoms with Gasteiger partial charge in [0.2, 0.25) is 0 Å². The average molecular weight is 295 g/mol. The first-order valence-electron chi connectivity index (χ1n) is 5.57. The Kier molecular flexibility index (Phi) is 4.30. The summed E-state index contributed by atoms with van der Waals surface area (Å²) >= 11 is 11.9. The molecule has 0 bridgehead atoms. The van der Waals surface area contributed by atoms with Crippen LogP contribution in [0, 0.1) is 5.41 Å². The molecule has 2 aromatic rings. The third-order valence-electron chi connectivity index (χ3n) is 2.53. The fraction of sp³-hybridized carbons (Fsp3) is 0.0714. The summed E-state index contributed by atoms with van der Waals surface area (Å²) in [6, 6.07) is 12.5. The van der Waals surface area contributed by atoms with Gasteiger partial charge in [0.05, 0.1) is 5.02 Å². The van der Waals surface area contributed by atoms with E-state index in [4.69, 9.17) is 39.1 Å². The maximum absolute atomic E-state index is 7.34. The lowest BCUT2D eigenvalue weighted by Gasteiger charge is -2.09. The smallest absolute Gasteiger partial charge is 0.124 e. The molecular formula is C14H12Cl2N2O. The number of rotatable bonds is 4. The molecule has 0 amide bonds. The molecule has 98 valence electrons. The highest BCUT2D eigenvalue weighted by Crippen LogP contribution is 2.23. The number of ether oxygens (including phenoxy) is 1. The molecule has 0 aliphatic heterocycles. The predicted molar refractivity (Wildman–Crippen MR) is 78.3 cm³/mol. The Morgan fingerprint density at radius 3 is 2.58 bits per heavy atom. The van der Waals surface area contributed by atoms with Gasteiger partial charge in [0.25, 0.3) is 0 Å². The number of hydrogen-bond donors (Lipinski definition) is 2. The molecule has 0 aliphatic carbocycles. The van der Waals surface area contributed by atoms with E-state index < -0.39 is 0 Å². The molecule has 0 spiro atoms. The zero-order chi connectivity index (χ0) is 13.8. The van der Waals surface area contributed by atoms with Crippen LogP contribution in [0.3, 0.4) is 0 Å². The van der Waals surface area contributed by atoms with Crippen molar-refractivity contribution >= 4 is 29.0 Å². The fourth-order valence-corrected chi connectivity index (χ4v) is 2.08. The topological polar surface area (TPSA) is 59.1 Å². The Morgan fingerprint density at radius 2 is 1.95 bits per heavy atom. The third kappa shape index (κ3) is 3.63. The van der Waals surface area contributed by atoms with E-state index in [1.54, 1.807) is 18.2 Å². The lowest BCUT2D eigenvalue weighted by molar-refractivity contribution is 0.306. The summed E-state index contributed by atoms with van der Waals surface area (Å²) in [6.07, 6.45) is 0. The van der Waals surface area contributed by atoms with Crippen LogP contribution in [0.1, 0.15) is 11.1 Å². The number of halogens is 2. The number of amidine groups is 1. The molecule has 2 aromatic carbocycles. The van der Waals surface area contributed by atoms with Gasteiger partial charge in [-0.15, -0.1) is 0 Å². The molecule has 0 saturated carbocycles. The summed E-state index contributed by atoms with van der Waals surface area (Å²) in [6.45, 7) is 0.399. The summed E-state index contributed by atoms with van der Waals surface area (Å²) < 4.78 is 5.61. The number of hydrogen-bond acceptors (Lipinski definition) is 2. The summed E-state index contributed by atoms with van der Waals surface area (Å²) in [4.78, 5) is 0. The van der Waals surface area contributed by atoms with Crippen molar-refractivity contribution in [2.45, 2.75) is 6.61 Å². The van der Waals surface area contributed by atoms with Gasteiger partial charge in [0.1, 0.15) is 18.2 Å². The second kappa shape index (κ2) is 5.95. The van der Waals surface area contributed by atoms with Gasteiger partial charge >= 0.3 is 0 Å². The molecule has 0 unspecified atom stereocenters. The number of nitrogens with two attached hydrogens (primary N) is 1. The average Bonchev–Trinajstić information content (AvgIpc) is 2.36. The maximum atomic E-state index is 7.34. The Labute approximate surface area is 121 Å². The Morgan fingerprint density at radius 1 is 1.16 bits per heavy atom. The van der Waals surface area contributed by atoms with Gasteiger partial charge in [-0.3, -0.25) is 5.41 Å². The highest BCUT2D eigenvalue weighted by atomic mass is 35.5. The van der Waals surface area contributed by atoms with Crippen molar-refractivity contribution in [1.82, 2.24) is 0 Å². The molecular weight excluding hydrogens is 283 g/mol. The van der Waals surface area contributed by atoms with Crippen molar-refractivity contribution in [3.8, 4) is 5.75 Å². The molecule has 5 heteroatoms. The van der Waals surface area contributed by atoms with Crippen LogP contribution in [0.2, 0.25) is 10.0 Å². The predicted octanol–water partition coefficient (Wildman–Crippen LogP) is 3.86. The molecule has 19 heavy (non-hydrogen) atoms. The zero-order valence-corrected chi connectivity index (χ0v) is 11.5. The highest BCUT2D eigenvalue weighted by molar-refractivity contribution is 6.34. The normalized spacial score (nSPS) is 10.2. The highest BCUT2D eigenvalue weighted by Gasteiger charge is 2.05. The molecule has 0 aliphatic rings. The van der Waals surface area contributed by atoms with Crippen LogP contribution in [-0.4, -0.2) is 5.84 Å². The quantitative estimate of drug-likeness (QED) is 0.664. The molecule has 0 heterocycles. The monoisotopic (exact) mass is 294 g/mol. The van der Waals surface area contributed by atoms with E-state index in [9.17, 15) is 0 Å². The molecule has 2 rings (SSSR count). The van der Waals surface area contributed by atoms with Gasteiger partial charge < -0.3 is 10.5 Å². The summed E-state index contributed by atoms with van der Waals surface area (Å²) in [5, 5.41) is 8.42. The molecule has 0 fully saturated rings. The van der Waals surface area contributed by atoms with Crippen LogP contribution in [0.5, 0.6) is 5.75 Å². The van der Waals surface area contributed by atoms with Crippen molar-refractivity contribution in [2.75, 3.05) is 0 Å². The van der Waals surface area contributed by atoms with Gasteiger partial charge in [-0.25, -0.2) is 0 Å². The van der Waals surface area contributed by atoms with Gasteiger partial charge in [-0.1, -0.05) is 35.3 Å². The molecule has 0 radical (unpaired) electrons. The van der Waals surface area contributed by atoms with Crippen molar-refractivity contribution in [3.05, 3.63) is 63.6 Å². The molecule has 0 aromatic heterocycles. The second-order valence-electron chi connectivity index (χ2n) is 3.97. The molecule has 3 N–H and O–H groups in total. The summed E-state index contributed by atoms with van der Waals surface area (Å²) in [5.74, 6) is 0.557. The van der Waals surface area contributed by atoms with E-state index in [-0.39, 0.29) is 5.84 Å². The summed E-state index contributed by atoms with van der Waals surface area (Å²) in [5.41, 5.74) is 6.86. The Hall–Kier alpha value is -1.71. The first-order valence-corrected chi connectivity index (χ1v) is 6.33. The van der Waals surface area contributed by atoms with E-state index in [1.807, 2.05) is 24.3 Å². The minimum Gasteiger partial charge on any atom is -0.489 e. The first kappa shape index (κ1) is 13.7. The molecule has 0 saturated heterocycles. The van der Waals surface area contributed by atoms with Crippen LogP contribution in [0.25, 0.3) is 0 Å². The zero-order valence-electron chi connectivity index (χ0n) is 9.99. The molecule has 3 nitrogen and oxygen atoms in total. The van der Waals surface area contributed by atoms with Crippen molar-refractivity contribution in [2.24, 2.45) is 5.73 Å². The fourth-order valence-electron chi connectivity index (χ4n) is 1.60. The van der Waals surface area contributed by atoms with Crippen LogP contribution in [0.15, 0.2) is 42.5 Å². The standard InChI is InChI=1S/C14H12Cl2N2O/c15-10-3-1-2-9(6-10)8-19-11-4-5-12(14(17)18)13(16)7-11/h1-7H,8H2,(H3,17,18).